The molecule has 1 aromatic carbocycles. The zero-order valence-corrected chi connectivity index (χ0v) is 16.4. The molecule has 7 nitrogen and oxygen atoms in total. The largest absolute Gasteiger partial charge is 0.477 e. The van der Waals surface area contributed by atoms with Gasteiger partial charge in [-0.1, -0.05) is 18.2 Å². The topological polar surface area (TPSA) is 86.1 Å². The van der Waals surface area contributed by atoms with Crippen molar-refractivity contribution in [2.24, 2.45) is 5.92 Å². The van der Waals surface area contributed by atoms with Crippen molar-refractivity contribution in [3.05, 3.63) is 64.3 Å². The summed E-state index contributed by atoms with van der Waals surface area (Å²) in [6.07, 6.45) is 5.91. The molecule has 7 heteroatoms. The minimum Gasteiger partial charge on any atom is -0.477 e. The normalized spacial score (nSPS) is 13.4. The van der Waals surface area contributed by atoms with Gasteiger partial charge in [-0.15, -0.1) is 0 Å². The van der Waals surface area contributed by atoms with E-state index >= 15 is 0 Å². The van der Waals surface area contributed by atoms with Gasteiger partial charge in [0.2, 0.25) is 11.8 Å². The molecule has 0 unspecified atom stereocenters. The van der Waals surface area contributed by atoms with Crippen LogP contribution in [0.1, 0.15) is 30.4 Å². The number of carbonyl (C=O) groups excluding carboxylic acids is 1. The average molecular weight is 392 g/mol. The molecule has 29 heavy (non-hydrogen) atoms. The van der Waals surface area contributed by atoms with E-state index in [-0.39, 0.29) is 24.4 Å². The Balaban J connectivity index is 1.28. The maximum absolute atomic E-state index is 12.6. The highest BCUT2D eigenvalue weighted by molar-refractivity contribution is 5.80. The van der Waals surface area contributed by atoms with Crippen LogP contribution in [0.5, 0.6) is 5.88 Å². The lowest BCUT2D eigenvalue weighted by atomic mass is 10.1. The lowest BCUT2D eigenvalue weighted by Crippen LogP contribution is -2.27. The van der Waals surface area contributed by atoms with Gasteiger partial charge in [0.05, 0.1) is 23.8 Å². The maximum atomic E-state index is 12.6. The average Bonchev–Trinajstić information content (AvgIpc) is 3.56. The third-order valence-electron chi connectivity index (χ3n) is 5.09. The SMILES string of the molecule is Cc1cccc2c(=O)n(CCC(=O)NCc3ccc(OCC4CC4)nc3)cnc12. The van der Waals surface area contributed by atoms with E-state index in [4.69, 9.17) is 4.74 Å². The number of benzene rings is 1. The summed E-state index contributed by atoms with van der Waals surface area (Å²) in [5.74, 6) is 1.17. The molecule has 1 fully saturated rings. The van der Waals surface area contributed by atoms with Gasteiger partial charge >= 0.3 is 0 Å². The molecule has 0 saturated heterocycles. The molecular formula is C22H24N4O3. The van der Waals surface area contributed by atoms with Crippen LogP contribution in [-0.2, 0) is 17.9 Å². The third-order valence-corrected chi connectivity index (χ3v) is 5.09. The minimum atomic E-state index is -0.129. The molecule has 1 N–H and O–H groups in total. The molecule has 3 aromatic rings. The Bertz CT molecular complexity index is 1070. The molecule has 150 valence electrons. The summed E-state index contributed by atoms with van der Waals surface area (Å²) in [7, 11) is 0. The van der Waals surface area contributed by atoms with Crippen molar-refractivity contribution in [3.63, 3.8) is 0 Å². The second-order valence-electron chi connectivity index (χ2n) is 7.50. The van der Waals surface area contributed by atoms with Crippen LogP contribution in [0.4, 0.5) is 0 Å². The number of carbonyl (C=O) groups is 1. The number of hydrogen-bond acceptors (Lipinski definition) is 5. The van der Waals surface area contributed by atoms with Crippen LogP contribution in [0.25, 0.3) is 10.9 Å². The Kier molecular flexibility index (Phi) is 5.55. The van der Waals surface area contributed by atoms with E-state index in [1.165, 1.54) is 23.7 Å². The smallest absolute Gasteiger partial charge is 0.261 e. The van der Waals surface area contributed by atoms with E-state index in [0.717, 1.165) is 17.7 Å². The number of aromatic nitrogens is 3. The van der Waals surface area contributed by atoms with Crippen molar-refractivity contribution in [2.45, 2.75) is 39.3 Å². The Morgan fingerprint density at radius 1 is 1.24 bits per heavy atom. The Hall–Kier alpha value is -3.22. The second-order valence-corrected chi connectivity index (χ2v) is 7.50. The molecule has 0 radical (unpaired) electrons. The molecule has 1 aliphatic rings. The Morgan fingerprint density at radius 3 is 2.86 bits per heavy atom. The number of para-hydroxylation sites is 1. The molecule has 0 atom stereocenters. The molecule has 4 rings (SSSR count). The van der Waals surface area contributed by atoms with E-state index in [1.54, 1.807) is 12.3 Å². The van der Waals surface area contributed by atoms with Gasteiger partial charge in [-0.3, -0.25) is 14.2 Å². The van der Waals surface area contributed by atoms with Crippen molar-refractivity contribution < 1.29 is 9.53 Å². The summed E-state index contributed by atoms with van der Waals surface area (Å²) in [5.41, 5.74) is 2.44. The predicted molar refractivity (Wildman–Crippen MR) is 110 cm³/mol. The molecule has 0 spiro atoms. The molecule has 2 aromatic heterocycles. The van der Waals surface area contributed by atoms with Crippen LogP contribution in [-0.4, -0.2) is 27.0 Å². The number of pyridine rings is 1. The zero-order chi connectivity index (χ0) is 20.2. The van der Waals surface area contributed by atoms with E-state index in [9.17, 15) is 9.59 Å². The van der Waals surface area contributed by atoms with E-state index < -0.39 is 0 Å². The lowest BCUT2D eigenvalue weighted by Gasteiger charge is -2.09. The summed E-state index contributed by atoms with van der Waals surface area (Å²) in [6, 6.07) is 9.25. The molecule has 2 heterocycles. The monoisotopic (exact) mass is 392 g/mol. The summed E-state index contributed by atoms with van der Waals surface area (Å²) in [4.78, 5) is 33.4. The fourth-order valence-corrected chi connectivity index (χ4v) is 3.10. The number of rotatable bonds is 8. The summed E-state index contributed by atoms with van der Waals surface area (Å²) in [6.45, 7) is 3.32. The third kappa shape index (κ3) is 4.80. The molecule has 0 bridgehead atoms. The van der Waals surface area contributed by atoms with E-state index in [1.807, 2.05) is 31.2 Å². The summed E-state index contributed by atoms with van der Waals surface area (Å²) < 4.78 is 7.09. The van der Waals surface area contributed by atoms with Gasteiger partial charge in [0.1, 0.15) is 0 Å². The predicted octanol–water partition coefficient (Wildman–Crippen LogP) is 2.60. The maximum Gasteiger partial charge on any atom is 0.261 e. The fraction of sp³-hybridized carbons (Fsp3) is 0.364. The van der Waals surface area contributed by atoms with Gasteiger partial charge in [0.25, 0.3) is 5.56 Å². The van der Waals surface area contributed by atoms with Crippen LogP contribution in [0.2, 0.25) is 0 Å². The first-order valence-electron chi connectivity index (χ1n) is 9.89. The molecule has 1 saturated carbocycles. The van der Waals surface area contributed by atoms with Gasteiger partial charge in [-0.2, -0.15) is 0 Å². The minimum absolute atomic E-state index is 0.127. The number of ether oxygens (including phenoxy) is 1. The number of aryl methyl sites for hydroxylation is 2. The number of hydrogen-bond donors (Lipinski definition) is 1. The van der Waals surface area contributed by atoms with E-state index in [2.05, 4.69) is 15.3 Å². The van der Waals surface area contributed by atoms with Gasteiger partial charge in [0.15, 0.2) is 0 Å². The first-order chi connectivity index (χ1) is 14.1. The van der Waals surface area contributed by atoms with Crippen molar-refractivity contribution >= 4 is 16.8 Å². The van der Waals surface area contributed by atoms with Gasteiger partial charge in [-0.05, 0) is 42.9 Å². The summed E-state index contributed by atoms with van der Waals surface area (Å²) in [5, 5.41) is 3.43. The highest BCUT2D eigenvalue weighted by Crippen LogP contribution is 2.29. The van der Waals surface area contributed by atoms with Crippen molar-refractivity contribution in [1.82, 2.24) is 19.9 Å². The van der Waals surface area contributed by atoms with Gasteiger partial charge in [0, 0.05) is 31.8 Å². The Morgan fingerprint density at radius 2 is 2.10 bits per heavy atom. The first-order valence-corrected chi connectivity index (χ1v) is 9.89. The number of nitrogens with one attached hydrogen (secondary N) is 1. The van der Waals surface area contributed by atoms with Crippen LogP contribution in [0.3, 0.4) is 0 Å². The summed E-state index contributed by atoms with van der Waals surface area (Å²) >= 11 is 0. The van der Waals surface area contributed by atoms with Crippen LogP contribution < -0.4 is 15.6 Å². The van der Waals surface area contributed by atoms with Crippen LogP contribution in [0, 0.1) is 12.8 Å². The van der Waals surface area contributed by atoms with Crippen molar-refractivity contribution in [3.8, 4) is 5.88 Å². The van der Waals surface area contributed by atoms with Crippen molar-refractivity contribution in [1.29, 1.82) is 0 Å². The molecule has 1 amide bonds. The fourth-order valence-electron chi connectivity index (χ4n) is 3.10. The van der Waals surface area contributed by atoms with Gasteiger partial charge in [-0.25, -0.2) is 9.97 Å². The number of nitrogens with zero attached hydrogens (tertiary/aromatic N) is 3. The first kappa shape index (κ1) is 19.1. The standard InChI is InChI=1S/C22H24N4O3/c1-15-3-2-4-18-21(15)25-14-26(22(18)28)10-9-19(27)23-11-17-7-8-20(24-12-17)29-13-16-5-6-16/h2-4,7-8,12,14,16H,5-6,9-11,13H2,1H3,(H,23,27). The highest BCUT2D eigenvalue weighted by Gasteiger charge is 2.22. The number of amides is 1. The van der Waals surface area contributed by atoms with Crippen LogP contribution in [0.15, 0.2) is 47.7 Å². The van der Waals surface area contributed by atoms with Gasteiger partial charge < -0.3 is 10.1 Å². The quantitative estimate of drug-likeness (QED) is 0.637. The number of fused-ring (bicyclic) bond motifs is 1. The second kappa shape index (κ2) is 8.43. The molecule has 1 aliphatic carbocycles. The highest BCUT2D eigenvalue weighted by atomic mass is 16.5. The van der Waals surface area contributed by atoms with Crippen molar-refractivity contribution in [2.75, 3.05) is 6.61 Å². The Labute approximate surface area is 168 Å². The molecule has 0 aliphatic heterocycles. The zero-order valence-electron chi connectivity index (χ0n) is 16.4. The van der Waals surface area contributed by atoms with Crippen LogP contribution >= 0.6 is 0 Å². The van der Waals surface area contributed by atoms with E-state index in [0.29, 0.717) is 29.2 Å². The lowest BCUT2D eigenvalue weighted by molar-refractivity contribution is -0.121. The molecular weight excluding hydrogens is 368 g/mol.